The van der Waals surface area contributed by atoms with Gasteiger partial charge in [0, 0.05) is 31.5 Å². The van der Waals surface area contributed by atoms with Crippen LogP contribution < -0.4 is 19.7 Å². The summed E-state index contributed by atoms with van der Waals surface area (Å²) in [6.07, 6.45) is 0.186. The Kier molecular flexibility index (Phi) is 9.64. The Morgan fingerprint density at radius 3 is 2.60 bits per heavy atom. The second-order valence-corrected chi connectivity index (χ2v) is 9.59. The van der Waals surface area contributed by atoms with E-state index in [4.69, 9.17) is 21.1 Å². The van der Waals surface area contributed by atoms with Gasteiger partial charge in [0.15, 0.2) is 17.3 Å². The number of nitrogens with zero attached hydrogens (tertiary/aromatic N) is 4. The summed E-state index contributed by atoms with van der Waals surface area (Å²) >= 11 is 5.91. The second-order valence-electron chi connectivity index (χ2n) is 9.18. The van der Waals surface area contributed by atoms with E-state index in [1.165, 1.54) is 50.7 Å². The molecular formula is C27H28ClF4N5O3. The van der Waals surface area contributed by atoms with Crippen LogP contribution in [-0.2, 0) is 6.18 Å². The minimum atomic E-state index is -4.64. The first kappa shape index (κ1) is 29.3. The minimum absolute atomic E-state index is 0.0452. The van der Waals surface area contributed by atoms with Gasteiger partial charge in [-0.05, 0) is 68.8 Å². The molecule has 1 fully saturated rings. The van der Waals surface area contributed by atoms with E-state index in [0.717, 1.165) is 43.1 Å². The zero-order valence-corrected chi connectivity index (χ0v) is 22.4. The lowest BCUT2D eigenvalue weighted by atomic mass is 10.1. The Labute approximate surface area is 233 Å². The standard InChI is InChI=1S/C27H28ClF4N5O3/c1-36(26(38)40-23-16-18(27(30,31)32)6-8-20(23)28)24-10-11-33-25(35-24)34-19-7-9-22(21(29)17-19)39-15-5-14-37-12-3-2-4-13-37/h6-11,16-17H,2-5,12-15H2,1H3,(H,33,34,35). The van der Waals surface area contributed by atoms with Crippen LogP contribution >= 0.6 is 11.6 Å². The number of halogens is 5. The quantitative estimate of drug-likeness (QED) is 0.217. The summed E-state index contributed by atoms with van der Waals surface area (Å²) in [6, 6.07) is 8.15. The van der Waals surface area contributed by atoms with Crippen LogP contribution in [0, 0.1) is 5.82 Å². The fraction of sp³-hybridized carbons (Fsp3) is 0.370. The highest BCUT2D eigenvalue weighted by Gasteiger charge is 2.31. The van der Waals surface area contributed by atoms with Crippen LogP contribution in [0.5, 0.6) is 11.5 Å². The van der Waals surface area contributed by atoms with E-state index in [9.17, 15) is 22.4 Å². The number of anilines is 3. The predicted molar refractivity (Wildman–Crippen MR) is 143 cm³/mol. The number of alkyl halides is 3. The van der Waals surface area contributed by atoms with E-state index in [1.54, 1.807) is 6.07 Å². The van der Waals surface area contributed by atoms with E-state index >= 15 is 0 Å². The number of rotatable bonds is 9. The maximum Gasteiger partial charge on any atom is 0.420 e. The van der Waals surface area contributed by atoms with Crippen molar-refractivity contribution in [1.29, 1.82) is 0 Å². The molecule has 1 amide bonds. The van der Waals surface area contributed by atoms with Gasteiger partial charge in [0.05, 0.1) is 17.2 Å². The maximum atomic E-state index is 14.6. The average Bonchev–Trinajstić information content (AvgIpc) is 2.93. The lowest BCUT2D eigenvalue weighted by molar-refractivity contribution is -0.137. The molecular weight excluding hydrogens is 554 g/mol. The van der Waals surface area contributed by atoms with Gasteiger partial charge < -0.3 is 19.7 Å². The van der Waals surface area contributed by atoms with Gasteiger partial charge in [-0.25, -0.2) is 14.2 Å². The molecule has 1 N–H and O–H groups in total. The largest absolute Gasteiger partial charge is 0.490 e. The van der Waals surface area contributed by atoms with Crippen LogP contribution in [-0.4, -0.2) is 54.2 Å². The topological polar surface area (TPSA) is 79.8 Å². The average molecular weight is 582 g/mol. The second kappa shape index (κ2) is 13.1. The van der Waals surface area contributed by atoms with Crippen LogP contribution in [0.1, 0.15) is 31.2 Å². The molecule has 214 valence electrons. The Morgan fingerprint density at radius 2 is 1.88 bits per heavy atom. The van der Waals surface area contributed by atoms with Crippen molar-refractivity contribution in [3.63, 3.8) is 0 Å². The Balaban J connectivity index is 1.34. The third-order valence-electron chi connectivity index (χ3n) is 6.23. The highest BCUT2D eigenvalue weighted by atomic mass is 35.5. The van der Waals surface area contributed by atoms with Gasteiger partial charge in [-0.3, -0.25) is 4.90 Å². The first-order chi connectivity index (χ1) is 19.1. The summed E-state index contributed by atoms with van der Waals surface area (Å²) in [5.74, 6) is -0.763. The first-order valence-electron chi connectivity index (χ1n) is 12.7. The highest BCUT2D eigenvalue weighted by Crippen LogP contribution is 2.35. The van der Waals surface area contributed by atoms with Crippen molar-refractivity contribution in [2.45, 2.75) is 31.9 Å². The monoisotopic (exact) mass is 581 g/mol. The number of aromatic nitrogens is 2. The Bertz CT molecular complexity index is 1320. The van der Waals surface area contributed by atoms with Crippen LogP contribution in [0.25, 0.3) is 0 Å². The zero-order valence-electron chi connectivity index (χ0n) is 21.7. The molecule has 2 aromatic carbocycles. The van der Waals surface area contributed by atoms with Gasteiger partial charge in [-0.15, -0.1) is 0 Å². The summed E-state index contributed by atoms with van der Waals surface area (Å²) < 4.78 is 64.3. The van der Waals surface area contributed by atoms with Gasteiger partial charge in [0.1, 0.15) is 5.82 Å². The SMILES string of the molecule is CN(C(=O)Oc1cc(C(F)(F)F)ccc1Cl)c1ccnc(Nc2ccc(OCCCN3CCCCC3)c(F)c2)n1. The third-order valence-corrected chi connectivity index (χ3v) is 6.54. The van der Waals surface area contributed by atoms with Crippen molar-refractivity contribution in [2.75, 3.05) is 43.5 Å². The number of hydrogen-bond donors (Lipinski definition) is 1. The fourth-order valence-corrected chi connectivity index (χ4v) is 4.24. The molecule has 0 bridgehead atoms. The molecule has 3 aromatic rings. The minimum Gasteiger partial charge on any atom is -0.490 e. The van der Waals surface area contributed by atoms with E-state index in [-0.39, 0.29) is 22.5 Å². The number of carbonyl (C=O) groups excluding carboxylic acids is 1. The number of amides is 1. The molecule has 2 heterocycles. The van der Waals surface area contributed by atoms with Crippen molar-refractivity contribution >= 4 is 35.1 Å². The van der Waals surface area contributed by atoms with E-state index in [0.29, 0.717) is 18.4 Å². The smallest absolute Gasteiger partial charge is 0.420 e. The first-order valence-corrected chi connectivity index (χ1v) is 13.0. The molecule has 0 unspecified atom stereocenters. The molecule has 8 nitrogen and oxygen atoms in total. The number of nitrogens with one attached hydrogen (secondary N) is 1. The maximum absolute atomic E-state index is 14.6. The molecule has 1 aromatic heterocycles. The van der Waals surface area contributed by atoms with E-state index in [1.807, 2.05) is 0 Å². The van der Waals surface area contributed by atoms with Gasteiger partial charge >= 0.3 is 12.3 Å². The van der Waals surface area contributed by atoms with Gasteiger partial charge in [-0.1, -0.05) is 18.0 Å². The predicted octanol–water partition coefficient (Wildman–Crippen LogP) is 6.92. The Hall–Kier alpha value is -3.64. The van der Waals surface area contributed by atoms with Gasteiger partial charge in [-0.2, -0.15) is 18.2 Å². The van der Waals surface area contributed by atoms with E-state index in [2.05, 4.69) is 20.2 Å². The molecule has 40 heavy (non-hydrogen) atoms. The molecule has 0 radical (unpaired) electrons. The van der Waals surface area contributed by atoms with Crippen LogP contribution in [0.15, 0.2) is 48.7 Å². The number of hydrogen-bond acceptors (Lipinski definition) is 7. The molecule has 1 aliphatic rings. The molecule has 0 atom stereocenters. The van der Waals surface area contributed by atoms with Crippen molar-refractivity contribution in [3.05, 3.63) is 65.1 Å². The summed E-state index contributed by atoms with van der Waals surface area (Å²) in [4.78, 5) is 24.2. The molecule has 1 saturated heterocycles. The van der Waals surface area contributed by atoms with Crippen LogP contribution in [0.3, 0.4) is 0 Å². The summed E-state index contributed by atoms with van der Waals surface area (Å²) in [5.41, 5.74) is -0.673. The van der Waals surface area contributed by atoms with Crippen molar-refractivity contribution in [1.82, 2.24) is 14.9 Å². The van der Waals surface area contributed by atoms with Crippen LogP contribution in [0.2, 0.25) is 5.02 Å². The van der Waals surface area contributed by atoms with Gasteiger partial charge in [0.2, 0.25) is 5.95 Å². The molecule has 0 aliphatic carbocycles. The molecule has 4 rings (SSSR count). The van der Waals surface area contributed by atoms with E-state index < -0.39 is 29.4 Å². The van der Waals surface area contributed by atoms with Crippen molar-refractivity contribution < 1.29 is 31.8 Å². The summed E-state index contributed by atoms with van der Waals surface area (Å²) in [6.45, 7) is 3.52. The van der Waals surface area contributed by atoms with Gasteiger partial charge in [0.25, 0.3) is 0 Å². The molecule has 13 heteroatoms. The number of benzene rings is 2. The summed E-state index contributed by atoms with van der Waals surface area (Å²) in [7, 11) is 1.31. The number of piperidine rings is 1. The lowest BCUT2D eigenvalue weighted by Crippen LogP contribution is -2.31. The molecule has 1 aliphatic heterocycles. The molecule has 0 saturated carbocycles. The number of ether oxygens (including phenoxy) is 2. The summed E-state index contributed by atoms with van der Waals surface area (Å²) in [5, 5.41) is 2.68. The van der Waals surface area contributed by atoms with Crippen molar-refractivity contribution in [3.8, 4) is 11.5 Å². The lowest BCUT2D eigenvalue weighted by Gasteiger charge is -2.26. The number of carbonyl (C=O) groups is 1. The molecule has 0 spiro atoms. The zero-order chi connectivity index (χ0) is 28.7. The van der Waals surface area contributed by atoms with Crippen LogP contribution in [0.4, 0.5) is 39.8 Å². The highest BCUT2D eigenvalue weighted by molar-refractivity contribution is 6.32. The fourth-order valence-electron chi connectivity index (χ4n) is 4.09. The Morgan fingerprint density at radius 1 is 1.10 bits per heavy atom. The normalized spacial score (nSPS) is 14.1. The van der Waals surface area contributed by atoms with Crippen molar-refractivity contribution in [2.24, 2.45) is 0 Å². The number of likely N-dealkylation sites (tertiary alicyclic amines) is 1. The third kappa shape index (κ3) is 7.95.